The number of hydrogen-bond acceptors (Lipinski definition) is 5. The van der Waals surface area contributed by atoms with Crippen LogP contribution in [-0.4, -0.2) is 20.7 Å². The summed E-state index contributed by atoms with van der Waals surface area (Å²) >= 11 is 7.51. The number of aromatic nitrogens is 3. The van der Waals surface area contributed by atoms with Crippen LogP contribution in [0.1, 0.15) is 31.9 Å². The Bertz CT molecular complexity index is 1200. The third-order valence-corrected chi connectivity index (χ3v) is 5.88. The molecule has 0 fully saturated rings. The summed E-state index contributed by atoms with van der Waals surface area (Å²) in [7, 11) is 0. The number of ether oxygens (including phenoxy) is 1. The maximum atomic E-state index is 12.6. The van der Waals surface area contributed by atoms with Crippen LogP contribution in [0.25, 0.3) is 0 Å². The molecular weight excluding hydrogens is 432 g/mol. The number of rotatable bonds is 7. The van der Waals surface area contributed by atoms with Crippen LogP contribution >= 0.6 is 22.9 Å². The molecule has 2 aromatic heterocycles. The number of nitrogens with zero attached hydrogens (tertiary/aromatic N) is 3. The van der Waals surface area contributed by atoms with E-state index in [9.17, 15) is 4.79 Å². The van der Waals surface area contributed by atoms with E-state index in [1.165, 1.54) is 16.9 Å². The van der Waals surface area contributed by atoms with Crippen molar-refractivity contribution in [2.45, 2.75) is 27.0 Å². The van der Waals surface area contributed by atoms with E-state index in [-0.39, 0.29) is 11.9 Å². The van der Waals surface area contributed by atoms with E-state index >= 15 is 0 Å². The lowest BCUT2D eigenvalue weighted by Gasteiger charge is -2.07. The summed E-state index contributed by atoms with van der Waals surface area (Å²) in [4.78, 5) is 17.3. The lowest BCUT2D eigenvalue weighted by molar-refractivity contribution is 0.102. The van der Waals surface area contributed by atoms with Gasteiger partial charge in [0, 0.05) is 5.56 Å². The van der Waals surface area contributed by atoms with Gasteiger partial charge in [0.25, 0.3) is 5.91 Å². The zero-order valence-corrected chi connectivity index (χ0v) is 18.7. The fourth-order valence-electron chi connectivity index (χ4n) is 2.92. The Kier molecular flexibility index (Phi) is 6.34. The molecule has 0 aliphatic heterocycles. The molecule has 0 saturated heterocycles. The molecule has 0 bridgehead atoms. The summed E-state index contributed by atoms with van der Waals surface area (Å²) in [5.41, 5.74) is 4.28. The molecule has 6 nitrogen and oxygen atoms in total. The molecule has 8 heteroatoms. The fraction of sp³-hybridized carbons (Fsp3) is 0.174. The number of aryl methyl sites for hydroxylation is 2. The number of thiophene rings is 1. The Balaban J connectivity index is 1.34. The van der Waals surface area contributed by atoms with Gasteiger partial charge < -0.3 is 4.74 Å². The Morgan fingerprint density at radius 1 is 1.10 bits per heavy atom. The van der Waals surface area contributed by atoms with Crippen LogP contribution in [0.5, 0.6) is 5.75 Å². The first-order valence-corrected chi connectivity index (χ1v) is 10.9. The Hall–Kier alpha value is -3.16. The molecular formula is C23H21ClN4O2S. The molecule has 0 aliphatic rings. The smallest absolute Gasteiger partial charge is 0.268 e. The molecule has 2 aromatic carbocycles. The molecule has 0 aliphatic carbocycles. The fourth-order valence-corrected chi connectivity index (χ4v) is 3.89. The van der Waals surface area contributed by atoms with Crippen molar-refractivity contribution in [3.8, 4) is 5.75 Å². The van der Waals surface area contributed by atoms with E-state index in [4.69, 9.17) is 16.3 Å². The predicted octanol–water partition coefficient (Wildman–Crippen LogP) is 5.49. The Morgan fingerprint density at radius 2 is 1.87 bits per heavy atom. The van der Waals surface area contributed by atoms with Crippen molar-refractivity contribution in [3.63, 3.8) is 0 Å². The Labute approximate surface area is 189 Å². The maximum Gasteiger partial charge on any atom is 0.268 e. The molecule has 0 unspecified atom stereocenters. The first-order valence-electron chi connectivity index (χ1n) is 9.69. The van der Waals surface area contributed by atoms with Crippen LogP contribution in [-0.2, 0) is 13.2 Å². The van der Waals surface area contributed by atoms with Gasteiger partial charge in [0.2, 0.25) is 5.95 Å². The van der Waals surface area contributed by atoms with Crippen LogP contribution in [0.3, 0.4) is 0 Å². The standard InChI is InChI=1S/C23H21ClN4O2S/c1-15-3-6-17(7-4-15)11-28-14-25-23(27-28)26-22(29)21-10-18(13-31-21)12-30-20-9-16(2)5-8-19(20)24/h3-10,13-14H,11-12H2,1-2H3,(H,26,27,29). The van der Waals surface area contributed by atoms with Crippen molar-refractivity contribution in [1.82, 2.24) is 14.8 Å². The molecule has 158 valence electrons. The molecule has 2 heterocycles. The third-order valence-electron chi connectivity index (χ3n) is 4.59. The van der Waals surface area contributed by atoms with Crippen LogP contribution in [0, 0.1) is 13.8 Å². The summed E-state index contributed by atoms with van der Waals surface area (Å²) < 4.78 is 7.49. The average molecular weight is 453 g/mol. The van der Waals surface area contributed by atoms with Gasteiger partial charge >= 0.3 is 0 Å². The van der Waals surface area contributed by atoms with E-state index < -0.39 is 0 Å². The third kappa shape index (κ3) is 5.51. The van der Waals surface area contributed by atoms with Crippen LogP contribution in [0.15, 0.2) is 60.2 Å². The molecule has 1 N–H and O–H groups in total. The minimum absolute atomic E-state index is 0.252. The van der Waals surface area contributed by atoms with Gasteiger partial charge in [-0.2, -0.15) is 0 Å². The zero-order valence-electron chi connectivity index (χ0n) is 17.1. The predicted molar refractivity (Wildman–Crippen MR) is 123 cm³/mol. The van der Waals surface area contributed by atoms with E-state index in [0.29, 0.717) is 28.8 Å². The summed E-state index contributed by atoms with van der Waals surface area (Å²) in [5.74, 6) is 0.648. The van der Waals surface area contributed by atoms with E-state index in [1.54, 1.807) is 17.1 Å². The molecule has 1 amide bonds. The largest absolute Gasteiger partial charge is 0.487 e. The minimum Gasteiger partial charge on any atom is -0.487 e. The van der Waals surface area contributed by atoms with Crippen molar-refractivity contribution < 1.29 is 9.53 Å². The molecule has 4 aromatic rings. The van der Waals surface area contributed by atoms with E-state index in [2.05, 4.69) is 39.7 Å². The van der Waals surface area contributed by atoms with Gasteiger partial charge in [-0.1, -0.05) is 47.5 Å². The SMILES string of the molecule is Cc1ccc(Cn2cnc(NC(=O)c3cc(COc4cc(C)ccc4Cl)cs3)n2)cc1. The van der Waals surface area contributed by atoms with Crippen molar-refractivity contribution in [3.05, 3.63) is 92.4 Å². The number of benzene rings is 2. The quantitative estimate of drug-likeness (QED) is 0.402. The van der Waals surface area contributed by atoms with Gasteiger partial charge in [0.1, 0.15) is 18.7 Å². The molecule has 0 saturated carbocycles. The number of nitrogens with one attached hydrogen (secondary N) is 1. The van der Waals surface area contributed by atoms with Crippen LogP contribution < -0.4 is 10.1 Å². The van der Waals surface area contributed by atoms with E-state index in [1.807, 2.05) is 37.4 Å². The van der Waals surface area contributed by atoms with E-state index in [0.717, 1.165) is 16.7 Å². The number of anilines is 1. The number of halogens is 1. The molecule has 0 radical (unpaired) electrons. The number of hydrogen-bond donors (Lipinski definition) is 1. The maximum absolute atomic E-state index is 12.6. The zero-order chi connectivity index (χ0) is 21.8. The monoisotopic (exact) mass is 452 g/mol. The summed E-state index contributed by atoms with van der Waals surface area (Å²) in [6, 6.07) is 15.6. The Morgan fingerprint density at radius 3 is 2.68 bits per heavy atom. The number of amides is 1. The van der Waals surface area contributed by atoms with Gasteiger partial charge in [0.05, 0.1) is 16.4 Å². The molecule has 0 atom stereocenters. The molecule has 4 rings (SSSR count). The van der Waals surface area contributed by atoms with Gasteiger partial charge in [-0.15, -0.1) is 16.4 Å². The highest BCUT2D eigenvalue weighted by atomic mass is 35.5. The van der Waals surface area contributed by atoms with Crippen molar-refractivity contribution in [2.75, 3.05) is 5.32 Å². The van der Waals surface area contributed by atoms with Crippen LogP contribution in [0.2, 0.25) is 5.02 Å². The lowest BCUT2D eigenvalue weighted by Crippen LogP contribution is -2.12. The van der Waals surface area contributed by atoms with Crippen molar-refractivity contribution in [1.29, 1.82) is 0 Å². The second-order valence-electron chi connectivity index (χ2n) is 7.25. The highest BCUT2D eigenvalue weighted by Crippen LogP contribution is 2.27. The second-order valence-corrected chi connectivity index (χ2v) is 8.57. The topological polar surface area (TPSA) is 69.0 Å². The summed E-state index contributed by atoms with van der Waals surface area (Å²) in [6.45, 7) is 4.95. The van der Waals surface area contributed by atoms with Gasteiger partial charge in [-0.05, 0) is 48.6 Å². The molecule has 31 heavy (non-hydrogen) atoms. The van der Waals surface area contributed by atoms with Gasteiger partial charge in [0.15, 0.2) is 0 Å². The first-order chi connectivity index (χ1) is 15.0. The van der Waals surface area contributed by atoms with Crippen molar-refractivity contribution >= 4 is 34.8 Å². The van der Waals surface area contributed by atoms with Crippen molar-refractivity contribution in [2.24, 2.45) is 0 Å². The second kappa shape index (κ2) is 9.32. The number of carbonyl (C=O) groups excluding carboxylic acids is 1. The average Bonchev–Trinajstić information content (AvgIpc) is 3.40. The summed E-state index contributed by atoms with van der Waals surface area (Å²) in [6.07, 6.45) is 1.61. The van der Waals surface area contributed by atoms with Gasteiger partial charge in [-0.3, -0.25) is 10.1 Å². The highest BCUT2D eigenvalue weighted by Gasteiger charge is 2.13. The first kappa shape index (κ1) is 21.1. The minimum atomic E-state index is -0.252. The van der Waals surface area contributed by atoms with Gasteiger partial charge in [-0.25, -0.2) is 9.67 Å². The lowest BCUT2D eigenvalue weighted by atomic mass is 10.1. The van der Waals surface area contributed by atoms with Crippen LogP contribution in [0.4, 0.5) is 5.95 Å². The normalized spacial score (nSPS) is 10.8. The molecule has 0 spiro atoms. The number of carbonyl (C=O) groups is 1. The highest BCUT2D eigenvalue weighted by molar-refractivity contribution is 7.12. The summed E-state index contributed by atoms with van der Waals surface area (Å²) in [5, 5.41) is 9.53.